The fourth-order valence-corrected chi connectivity index (χ4v) is 2.64. The van der Waals surface area contributed by atoms with Gasteiger partial charge in [-0.15, -0.1) is 0 Å². The van der Waals surface area contributed by atoms with Gasteiger partial charge >= 0.3 is 0 Å². The van der Waals surface area contributed by atoms with Crippen LogP contribution in [0.15, 0.2) is 42.5 Å². The molecule has 1 atom stereocenters. The molecule has 5 heteroatoms. The van der Waals surface area contributed by atoms with E-state index < -0.39 is 0 Å². The zero-order valence-corrected chi connectivity index (χ0v) is 13.5. The van der Waals surface area contributed by atoms with Gasteiger partial charge in [-0.3, -0.25) is 4.79 Å². The Morgan fingerprint density at radius 2 is 1.83 bits per heavy atom. The first-order chi connectivity index (χ1) is 11.6. The van der Waals surface area contributed by atoms with E-state index in [1.807, 2.05) is 25.1 Å². The van der Waals surface area contributed by atoms with Crippen LogP contribution in [0.25, 0.3) is 0 Å². The molecule has 1 aliphatic rings. The molecule has 3 rings (SSSR count). The lowest BCUT2D eigenvalue weighted by molar-refractivity contribution is -0.121. The Kier molecular flexibility index (Phi) is 4.99. The Morgan fingerprint density at radius 1 is 1.12 bits per heavy atom. The summed E-state index contributed by atoms with van der Waals surface area (Å²) in [5, 5.41) is 2.86. The molecular formula is C19H20FNO3. The average Bonchev–Trinajstić information content (AvgIpc) is 2.61. The third-order valence-corrected chi connectivity index (χ3v) is 4.03. The highest BCUT2D eigenvalue weighted by molar-refractivity contribution is 5.76. The van der Waals surface area contributed by atoms with Crippen molar-refractivity contribution in [1.29, 1.82) is 0 Å². The van der Waals surface area contributed by atoms with Gasteiger partial charge in [-0.1, -0.05) is 25.1 Å². The van der Waals surface area contributed by atoms with E-state index in [1.165, 1.54) is 12.1 Å². The number of amides is 1. The average molecular weight is 329 g/mol. The first-order valence-electron chi connectivity index (χ1n) is 8.02. The highest BCUT2D eigenvalue weighted by Crippen LogP contribution is 2.33. The van der Waals surface area contributed by atoms with Gasteiger partial charge in [-0.2, -0.15) is 0 Å². The molecule has 126 valence electrons. The van der Waals surface area contributed by atoms with E-state index in [1.54, 1.807) is 12.1 Å². The Bertz CT molecular complexity index is 715. The van der Waals surface area contributed by atoms with Crippen molar-refractivity contribution in [3.05, 3.63) is 59.4 Å². The molecule has 0 radical (unpaired) electrons. The van der Waals surface area contributed by atoms with Crippen molar-refractivity contribution in [1.82, 2.24) is 5.32 Å². The number of ether oxygens (including phenoxy) is 2. The molecule has 1 unspecified atom stereocenters. The predicted octanol–water partition coefficient (Wildman–Crippen LogP) is 3.41. The van der Waals surface area contributed by atoms with Gasteiger partial charge in [-0.25, -0.2) is 4.39 Å². The van der Waals surface area contributed by atoms with Crippen LogP contribution in [0.3, 0.4) is 0 Å². The summed E-state index contributed by atoms with van der Waals surface area (Å²) in [4.78, 5) is 12.1. The van der Waals surface area contributed by atoms with Gasteiger partial charge in [0.25, 0.3) is 0 Å². The van der Waals surface area contributed by atoms with Crippen molar-refractivity contribution in [3.8, 4) is 11.5 Å². The Balaban J connectivity index is 1.55. The van der Waals surface area contributed by atoms with Crippen LogP contribution < -0.4 is 14.8 Å². The van der Waals surface area contributed by atoms with Crippen molar-refractivity contribution < 1.29 is 18.7 Å². The number of carbonyl (C=O) groups is 1. The van der Waals surface area contributed by atoms with E-state index in [2.05, 4.69) is 5.32 Å². The van der Waals surface area contributed by atoms with Crippen molar-refractivity contribution in [2.24, 2.45) is 0 Å². The van der Waals surface area contributed by atoms with Gasteiger partial charge in [0, 0.05) is 13.0 Å². The summed E-state index contributed by atoms with van der Waals surface area (Å²) in [6.45, 7) is 3.51. The normalized spacial score (nSPS) is 14.1. The van der Waals surface area contributed by atoms with Crippen molar-refractivity contribution in [2.45, 2.75) is 25.8 Å². The third-order valence-electron chi connectivity index (χ3n) is 4.03. The van der Waals surface area contributed by atoms with Crippen LogP contribution in [0.2, 0.25) is 0 Å². The molecule has 0 bridgehead atoms. The topological polar surface area (TPSA) is 47.6 Å². The van der Waals surface area contributed by atoms with E-state index in [0.717, 1.165) is 22.6 Å². The van der Waals surface area contributed by atoms with Crippen LogP contribution in [-0.4, -0.2) is 19.1 Å². The minimum atomic E-state index is -0.280. The molecule has 2 aromatic carbocycles. The number of hydrogen-bond acceptors (Lipinski definition) is 3. The minimum absolute atomic E-state index is 0.0401. The molecule has 1 heterocycles. The smallest absolute Gasteiger partial charge is 0.220 e. The van der Waals surface area contributed by atoms with Crippen LogP contribution in [-0.2, 0) is 11.3 Å². The first kappa shape index (κ1) is 16.3. The zero-order valence-electron chi connectivity index (χ0n) is 13.5. The summed E-state index contributed by atoms with van der Waals surface area (Å²) in [5.41, 5.74) is 1.91. The van der Waals surface area contributed by atoms with E-state index in [0.29, 0.717) is 26.2 Å². The van der Waals surface area contributed by atoms with Crippen LogP contribution in [0, 0.1) is 5.82 Å². The van der Waals surface area contributed by atoms with Gasteiger partial charge in [0.05, 0.1) is 0 Å². The second kappa shape index (κ2) is 7.34. The number of halogens is 1. The molecule has 1 aliphatic heterocycles. The van der Waals surface area contributed by atoms with E-state index in [9.17, 15) is 9.18 Å². The molecular weight excluding hydrogens is 309 g/mol. The summed E-state index contributed by atoms with van der Waals surface area (Å²) in [6, 6.07) is 11.9. The molecule has 0 aliphatic carbocycles. The molecule has 24 heavy (non-hydrogen) atoms. The monoisotopic (exact) mass is 329 g/mol. The number of hydrogen-bond donors (Lipinski definition) is 1. The number of nitrogens with one attached hydrogen (secondary N) is 1. The van der Waals surface area contributed by atoms with E-state index >= 15 is 0 Å². The van der Waals surface area contributed by atoms with Crippen LogP contribution in [0.5, 0.6) is 11.5 Å². The lowest BCUT2D eigenvalue weighted by atomic mass is 9.97. The standard InChI is InChI=1S/C19H20FNO3/c1-13(15-4-7-17-18(11-15)24-9-8-23-17)10-19(22)21-12-14-2-5-16(20)6-3-14/h2-7,11,13H,8-10,12H2,1H3,(H,21,22). The summed E-state index contributed by atoms with van der Waals surface area (Å²) >= 11 is 0. The molecule has 2 aromatic rings. The van der Waals surface area contributed by atoms with E-state index in [4.69, 9.17) is 9.47 Å². The summed E-state index contributed by atoms with van der Waals surface area (Å²) in [5.74, 6) is 1.23. The second-order valence-corrected chi connectivity index (χ2v) is 5.91. The van der Waals surface area contributed by atoms with Gasteiger partial charge in [0.15, 0.2) is 11.5 Å². The lowest BCUT2D eigenvalue weighted by Crippen LogP contribution is -2.24. The maximum absolute atomic E-state index is 12.9. The zero-order chi connectivity index (χ0) is 16.9. The molecule has 1 N–H and O–H groups in total. The Hall–Kier alpha value is -2.56. The lowest BCUT2D eigenvalue weighted by Gasteiger charge is -2.20. The number of benzene rings is 2. The summed E-state index contributed by atoms with van der Waals surface area (Å²) in [7, 11) is 0. The quantitative estimate of drug-likeness (QED) is 0.914. The van der Waals surface area contributed by atoms with Crippen LogP contribution >= 0.6 is 0 Å². The fraction of sp³-hybridized carbons (Fsp3) is 0.316. The highest BCUT2D eigenvalue weighted by Gasteiger charge is 2.16. The first-order valence-corrected chi connectivity index (χ1v) is 8.02. The van der Waals surface area contributed by atoms with Gasteiger partial charge in [0.2, 0.25) is 5.91 Å². The molecule has 0 spiro atoms. The number of rotatable bonds is 5. The molecule has 4 nitrogen and oxygen atoms in total. The molecule has 0 saturated carbocycles. The molecule has 0 saturated heterocycles. The number of fused-ring (bicyclic) bond motifs is 1. The predicted molar refractivity (Wildman–Crippen MR) is 88.7 cm³/mol. The van der Waals surface area contributed by atoms with Crippen molar-refractivity contribution in [3.63, 3.8) is 0 Å². The largest absolute Gasteiger partial charge is 0.486 e. The van der Waals surface area contributed by atoms with Crippen molar-refractivity contribution in [2.75, 3.05) is 13.2 Å². The molecule has 0 aromatic heterocycles. The number of carbonyl (C=O) groups excluding carboxylic acids is 1. The summed E-state index contributed by atoms with van der Waals surface area (Å²) in [6.07, 6.45) is 0.376. The Morgan fingerprint density at radius 3 is 2.58 bits per heavy atom. The van der Waals surface area contributed by atoms with E-state index in [-0.39, 0.29) is 17.6 Å². The van der Waals surface area contributed by atoms with Crippen molar-refractivity contribution >= 4 is 5.91 Å². The Labute approximate surface area is 140 Å². The third kappa shape index (κ3) is 4.04. The SMILES string of the molecule is CC(CC(=O)NCc1ccc(F)cc1)c1ccc2c(c1)OCCO2. The van der Waals surface area contributed by atoms with Gasteiger partial charge in [0.1, 0.15) is 19.0 Å². The maximum Gasteiger partial charge on any atom is 0.220 e. The van der Waals surface area contributed by atoms with Crippen LogP contribution in [0.4, 0.5) is 4.39 Å². The summed E-state index contributed by atoms with van der Waals surface area (Å²) < 4.78 is 23.9. The molecule has 0 fully saturated rings. The maximum atomic E-state index is 12.9. The van der Waals surface area contributed by atoms with Crippen LogP contribution in [0.1, 0.15) is 30.4 Å². The fourth-order valence-electron chi connectivity index (χ4n) is 2.64. The molecule has 1 amide bonds. The second-order valence-electron chi connectivity index (χ2n) is 5.91. The van der Waals surface area contributed by atoms with Gasteiger partial charge < -0.3 is 14.8 Å². The van der Waals surface area contributed by atoms with Gasteiger partial charge in [-0.05, 0) is 41.3 Å². The minimum Gasteiger partial charge on any atom is -0.486 e. The highest BCUT2D eigenvalue weighted by atomic mass is 19.1.